The first-order valence-corrected chi connectivity index (χ1v) is 7.79. The van der Waals surface area contributed by atoms with E-state index in [0.29, 0.717) is 10.6 Å². The molecule has 6 nitrogen and oxygen atoms in total. The van der Waals surface area contributed by atoms with E-state index in [1.807, 2.05) is 14.0 Å². The molecular weight excluding hydrogens is 290 g/mol. The molecule has 2 heterocycles. The number of nitrogens with one attached hydrogen (secondary N) is 2. The summed E-state index contributed by atoms with van der Waals surface area (Å²) in [6.07, 6.45) is 2.01. The van der Waals surface area contributed by atoms with Crippen molar-refractivity contribution in [3.63, 3.8) is 0 Å². The monoisotopic (exact) mass is 311 g/mol. The van der Waals surface area contributed by atoms with Crippen LogP contribution in [0, 0.1) is 13.8 Å². The number of likely N-dealkylation sites (tertiary alicyclic amines) is 1. The number of likely N-dealkylation sites (N-methyl/N-ethyl adjacent to an activating group) is 1. The molecule has 116 valence electrons. The number of carbonyl (C=O) groups is 2. The zero-order chi connectivity index (χ0) is 15.6. The van der Waals surface area contributed by atoms with E-state index in [1.54, 1.807) is 6.92 Å². The molecule has 0 bridgehead atoms. The van der Waals surface area contributed by atoms with Gasteiger partial charge in [0.25, 0.3) is 0 Å². The highest BCUT2D eigenvalue weighted by molar-refractivity contribution is 7.16. The maximum Gasteiger partial charge on any atom is 0.338 e. The zero-order valence-corrected chi connectivity index (χ0v) is 13.3. The molecule has 21 heavy (non-hydrogen) atoms. The molecule has 1 aliphatic rings. The van der Waals surface area contributed by atoms with Gasteiger partial charge < -0.3 is 15.3 Å². The molecule has 1 atom stereocenters. The van der Waals surface area contributed by atoms with Crippen molar-refractivity contribution < 1.29 is 14.7 Å². The number of hydrogen-bond donors (Lipinski definition) is 3. The smallest absolute Gasteiger partial charge is 0.338 e. The van der Waals surface area contributed by atoms with Gasteiger partial charge in [-0.15, -0.1) is 11.3 Å². The quantitative estimate of drug-likeness (QED) is 0.800. The van der Waals surface area contributed by atoms with Crippen LogP contribution >= 0.6 is 11.3 Å². The highest BCUT2D eigenvalue weighted by Crippen LogP contribution is 2.32. The average molecular weight is 311 g/mol. The van der Waals surface area contributed by atoms with Crippen LogP contribution in [0.3, 0.4) is 0 Å². The predicted molar refractivity (Wildman–Crippen MR) is 83.4 cm³/mol. The molecule has 0 spiro atoms. The maximum absolute atomic E-state index is 12.1. The molecule has 7 heteroatoms. The first kappa shape index (κ1) is 15.8. The van der Waals surface area contributed by atoms with E-state index in [0.717, 1.165) is 30.8 Å². The van der Waals surface area contributed by atoms with Gasteiger partial charge in [-0.1, -0.05) is 0 Å². The fourth-order valence-electron chi connectivity index (χ4n) is 2.58. The van der Waals surface area contributed by atoms with Gasteiger partial charge in [0, 0.05) is 17.5 Å². The number of nitrogens with zero attached hydrogens (tertiary/aromatic N) is 1. The fourth-order valence-corrected chi connectivity index (χ4v) is 3.63. The Morgan fingerprint density at radius 1 is 1.38 bits per heavy atom. The van der Waals surface area contributed by atoms with Crippen molar-refractivity contribution in [2.75, 3.05) is 25.5 Å². The first-order valence-electron chi connectivity index (χ1n) is 6.97. The lowest BCUT2D eigenvalue weighted by Crippen LogP contribution is -2.47. The van der Waals surface area contributed by atoms with E-state index in [2.05, 4.69) is 15.5 Å². The van der Waals surface area contributed by atoms with Crippen LogP contribution in [0.5, 0.6) is 0 Å². The number of carbonyl (C=O) groups excluding carboxylic acids is 1. The predicted octanol–water partition coefficient (Wildman–Crippen LogP) is 2.28. The van der Waals surface area contributed by atoms with Crippen molar-refractivity contribution in [1.29, 1.82) is 0 Å². The molecule has 0 saturated carbocycles. The SMILES string of the molecule is Cc1sc(NC(=O)NC2CCCN(C)C2)c(C(=O)O)c1C. The van der Waals surface area contributed by atoms with Gasteiger partial charge in [0.2, 0.25) is 0 Å². The van der Waals surface area contributed by atoms with E-state index < -0.39 is 5.97 Å². The Morgan fingerprint density at radius 3 is 2.71 bits per heavy atom. The summed E-state index contributed by atoms with van der Waals surface area (Å²) in [4.78, 5) is 26.4. The highest BCUT2D eigenvalue weighted by atomic mass is 32.1. The highest BCUT2D eigenvalue weighted by Gasteiger charge is 2.22. The summed E-state index contributed by atoms with van der Waals surface area (Å²) in [7, 11) is 2.03. The first-order chi connectivity index (χ1) is 9.88. The van der Waals surface area contributed by atoms with Gasteiger partial charge in [-0.3, -0.25) is 5.32 Å². The normalized spacial score (nSPS) is 19.3. The van der Waals surface area contributed by atoms with Crippen molar-refractivity contribution in [2.45, 2.75) is 32.7 Å². The summed E-state index contributed by atoms with van der Waals surface area (Å²) in [5.41, 5.74) is 0.897. The van der Waals surface area contributed by atoms with Gasteiger partial charge in [0.15, 0.2) is 0 Å². The Bertz CT molecular complexity index is 556. The Morgan fingerprint density at radius 2 is 2.10 bits per heavy atom. The van der Waals surface area contributed by atoms with Gasteiger partial charge in [-0.05, 0) is 45.8 Å². The molecule has 0 aliphatic carbocycles. The van der Waals surface area contributed by atoms with E-state index in [-0.39, 0.29) is 17.6 Å². The minimum atomic E-state index is -1.01. The van der Waals surface area contributed by atoms with Gasteiger partial charge in [-0.25, -0.2) is 9.59 Å². The number of amides is 2. The third-order valence-corrected chi connectivity index (χ3v) is 4.91. The Hall–Kier alpha value is -1.60. The maximum atomic E-state index is 12.1. The molecule has 2 amide bonds. The molecule has 0 radical (unpaired) electrons. The molecule has 0 aromatic carbocycles. The summed E-state index contributed by atoms with van der Waals surface area (Å²) < 4.78 is 0. The number of carboxylic acid groups (broad SMARTS) is 1. The van der Waals surface area contributed by atoms with Crippen molar-refractivity contribution in [2.24, 2.45) is 0 Å². The Balaban J connectivity index is 2.03. The van der Waals surface area contributed by atoms with Crippen LogP contribution in [0.1, 0.15) is 33.6 Å². The topological polar surface area (TPSA) is 81.7 Å². The number of aromatic carboxylic acids is 1. The van der Waals surface area contributed by atoms with Crippen molar-refractivity contribution in [1.82, 2.24) is 10.2 Å². The minimum Gasteiger partial charge on any atom is -0.478 e. The third-order valence-electron chi connectivity index (χ3n) is 3.79. The van der Waals surface area contributed by atoms with Crippen LogP contribution in [0.25, 0.3) is 0 Å². The zero-order valence-electron chi connectivity index (χ0n) is 12.5. The number of carboxylic acids is 1. The summed E-state index contributed by atoms with van der Waals surface area (Å²) >= 11 is 1.30. The van der Waals surface area contributed by atoms with Crippen molar-refractivity contribution in [3.05, 3.63) is 16.0 Å². The van der Waals surface area contributed by atoms with Crippen LogP contribution in [0.2, 0.25) is 0 Å². The number of aryl methyl sites for hydroxylation is 1. The molecule has 1 fully saturated rings. The fraction of sp³-hybridized carbons (Fsp3) is 0.571. The van der Waals surface area contributed by atoms with Crippen LogP contribution in [0.4, 0.5) is 9.80 Å². The van der Waals surface area contributed by atoms with E-state index >= 15 is 0 Å². The third kappa shape index (κ3) is 3.74. The van der Waals surface area contributed by atoms with Crippen LogP contribution in [-0.4, -0.2) is 48.2 Å². The molecule has 1 unspecified atom stereocenters. The van der Waals surface area contributed by atoms with Gasteiger partial charge >= 0.3 is 12.0 Å². The summed E-state index contributed by atoms with van der Waals surface area (Å²) in [6.45, 7) is 5.48. The lowest BCUT2D eigenvalue weighted by Gasteiger charge is -2.30. The number of urea groups is 1. The molecule has 1 aliphatic heterocycles. The van der Waals surface area contributed by atoms with Crippen LogP contribution in [-0.2, 0) is 0 Å². The number of hydrogen-bond acceptors (Lipinski definition) is 4. The summed E-state index contributed by atoms with van der Waals surface area (Å²) in [5, 5.41) is 15.3. The molecule has 1 aromatic rings. The van der Waals surface area contributed by atoms with Gasteiger partial charge in [0.1, 0.15) is 5.00 Å². The van der Waals surface area contributed by atoms with E-state index in [9.17, 15) is 14.7 Å². The van der Waals surface area contributed by atoms with E-state index in [4.69, 9.17) is 0 Å². The summed E-state index contributed by atoms with van der Waals surface area (Å²) in [5.74, 6) is -1.01. The number of piperidine rings is 1. The molecule has 3 N–H and O–H groups in total. The largest absolute Gasteiger partial charge is 0.478 e. The van der Waals surface area contributed by atoms with Crippen molar-refractivity contribution in [3.8, 4) is 0 Å². The number of thiophene rings is 1. The molecular formula is C14H21N3O3S. The molecule has 1 saturated heterocycles. The van der Waals surface area contributed by atoms with Crippen LogP contribution in [0.15, 0.2) is 0 Å². The molecule has 2 rings (SSSR count). The second-order valence-electron chi connectivity index (χ2n) is 5.49. The molecule has 1 aromatic heterocycles. The average Bonchev–Trinajstić information content (AvgIpc) is 2.64. The number of rotatable bonds is 3. The van der Waals surface area contributed by atoms with Crippen molar-refractivity contribution >= 4 is 28.3 Å². The lowest BCUT2D eigenvalue weighted by atomic mass is 10.1. The standard InChI is InChI=1S/C14H21N3O3S/c1-8-9(2)21-12(11(8)13(18)19)16-14(20)15-10-5-4-6-17(3)7-10/h10H,4-7H2,1-3H3,(H,18,19)(H2,15,16,20). The number of anilines is 1. The second kappa shape index (κ2) is 6.44. The Kier molecular flexibility index (Phi) is 4.84. The van der Waals surface area contributed by atoms with E-state index in [1.165, 1.54) is 11.3 Å². The summed E-state index contributed by atoms with van der Waals surface area (Å²) in [6, 6.07) is -0.224. The van der Waals surface area contributed by atoms with Gasteiger partial charge in [-0.2, -0.15) is 0 Å². The second-order valence-corrected chi connectivity index (χ2v) is 6.72. The van der Waals surface area contributed by atoms with Crippen LogP contribution < -0.4 is 10.6 Å². The van der Waals surface area contributed by atoms with Gasteiger partial charge in [0.05, 0.1) is 5.56 Å². The minimum absolute atomic E-state index is 0.110. The Labute approximate surface area is 128 Å². The lowest BCUT2D eigenvalue weighted by molar-refractivity contribution is 0.0697.